The number of nitrogens with zero attached hydrogens (tertiary/aromatic N) is 3. The molecule has 1 N–H and O–H groups in total. The molecule has 0 aliphatic heterocycles. The molecule has 4 rings (SSSR count). The van der Waals surface area contributed by atoms with E-state index in [4.69, 9.17) is 16.3 Å². The first kappa shape index (κ1) is 18.3. The van der Waals surface area contributed by atoms with Crippen LogP contribution < -0.4 is 10.1 Å². The lowest BCUT2D eigenvalue weighted by atomic mass is 10.3. The smallest absolute Gasteiger partial charge is 0.322 e. The number of pyridine rings is 1. The van der Waals surface area contributed by atoms with Crippen LogP contribution in [0.4, 0.5) is 5.69 Å². The first-order valence-corrected chi connectivity index (χ1v) is 9.63. The average Bonchev–Trinajstić information content (AvgIpc) is 3.13. The van der Waals surface area contributed by atoms with Crippen molar-refractivity contribution in [1.29, 1.82) is 0 Å². The van der Waals surface area contributed by atoms with Crippen molar-refractivity contribution < 1.29 is 9.53 Å². The van der Waals surface area contributed by atoms with Gasteiger partial charge in [0.2, 0.25) is 0 Å². The monoisotopic (exact) mass is 410 g/mol. The second kappa shape index (κ2) is 8.33. The summed E-state index contributed by atoms with van der Waals surface area (Å²) in [7, 11) is 0. The number of nitrogens with one attached hydrogen (secondary N) is 1. The molecular weight excluding hydrogens is 396 g/mol. The number of ether oxygens (including phenoxy) is 1. The maximum atomic E-state index is 12.4. The van der Waals surface area contributed by atoms with Gasteiger partial charge in [-0.3, -0.25) is 9.20 Å². The van der Waals surface area contributed by atoms with E-state index in [9.17, 15) is 4.79 Å². The van der Waals surface area contributed by atoms with Gasteiger partial charge in [-0.1, -0.05) is 46.7 Å². The Morgan fingerprint density at radius 3 is 2.68 bits per heavy atom. The third-order valence-corrected chi connectivity index (χ3v) is 5.15. The molecule has 0 bridgehead atoms. The van der Waals surface area contributed by atoms with Gasteiger partial charge in [-0.05, 0) is 48.5 Å². The quantitative estimate of drug-likeness (QED) is 0.505. The van der Waals surface area contributed by atoms with E-state index >= 15 is 0 Å². The lowest BCUT2D eigenvalue weighted by Crippen LogP contribution is -2.21. The highest BCUT2D eigenvalue weighted by Gasteiger charge is 2.11. The fraction of sp³-hybridized carbons (Fsp3) is 0.0500. The van der Waals surface area contributed by atoms with Gasteiger partial charge in [-0.25, -0.2) is 0 Å². The number of hydrogen-bond donors (Lipinski definition) is 1. The summed E-state index contributed by atoms with van der Waals surface area (Å²) in [6.45, 7) is -0.171. The van der Waals surface area contributed by atoms with Crippen LogP contribution >= 0.6 is 23.4 Å². The lowest BCUT2D eigenvalue weighted by Gasteiger charge is -2.11. The zero-order valence-electron chi connectivity index (χ0n) is 14.6. The van der Waals surface area contributed by atoms with Gasteiger partial charge in [-0.15, -0.1) is 5.10 Å². The first-order chi connectivity index (χ1) is 13.7. The molecule has 140 valence electrons. The summed E-state index contributed by atoms with van der Waals surface area (Å²) in [4.78, 5) is 14.3. The summed E-state index contributed by atoms with van der Waals surface area (Å²) >= 11 is 7.48. The standard InChI is InChI=1S/C20H15ClN4O2S/c21-14-8-10-15(11-9-14)28-17-6-2-1-5-16(17)22-19(26)13-27-20-24-23-18-7-3-4-12-25(18)20/h1-12H,13H2,(H,22,26). The number of hydrogen-bond acceptors (Lipinski definition) is 5. The number of benzene rings is 2. The Hall–Kier alpha value is -3.03. The Labute approximate surface area is 170 Å². The number of carbonyl (C=O) groups is 1. The minimum atomic E-state index is -0.281. The number of rotatable bonds is 6. The van der Waals surface area contributed by atoms with Gasteiger partial charge in [0.15, 0.2) is 12.3 Å². The lowest BCUT2D eigenvalue weighted by molar-refractivity contribution is -0.118. The largest absolute Gasteiger partial charge is 0.453 e. The Kier molecular flexibility index (Phi) is 5.45. The van der Waals surface area contributed by atoms with Gasteiger partial charge < -0.3 is 10.1 Å². The van der Waals surface area contributed by atoms with E-state index < -0.39 is 0 Å². The van der Waals surface area contributed by atoms with Crippen LogP contribution in [0.25, 0.3) is 5.65 Å². The molecule has 0 unspecified atom stereocenters. The Morgan fingerprint density at radius 1 is 1.04 bits per heavy atom. The fourth-order valence-electron chi connectivity index (χ4n) is 2.52. The summed E-state index contributed by atoms with van der Waals surface area (Å²) in [5, 5.41) is 11.5. The van der Waals surface area contributed by atoms with Gasteiger partial charge >= 0.3 is 6.01 Å². The summed E-state index contributed by atoms with van der Waals surface area (Å²) in [5.74, 6) is -0.281. The predicted molar refractivity (Wildman–Crippen MR) is 109 cm³/mol. The molecule has 0 spiro atoms. The molecule has 8 heteroatoms. The van der Waals surface area contributed by atoms with Crippen molar-refractivity contribution >= 4 is 40.6 Å². The van der Waals surface area contributed by atoms with E-state index in [1.165, 1.54) is 0 Å². The maximum absolute atomic E-state index is 12.4. The van der Waals surface area contributed by atoms with E-state index in [1.54, 1.807) is 22.4 Å². The molecule has 1 amide bonds. The number of anilines is 1. The minimum Gasteiger partial charge on any atom is -0.453 e. The van der Waals surface area contributed by atoms with Crippen LogP contribution in [0.3, 0.4) is 0 Å². The van der Waals surface area contributed by atoms with Crippen molar-refractivity contribution in [1.82, 2.24) is 14.6 Å². The molecule has 6 nitrogen and oxygen atoms in total. The van der Waals surface area contributed by atoms with Crippen molar-refractivity contribution in [2.75, 3.05) is 11.9 Å². The van der Waals surface area contributed by atoms with E-state index in [0.29, 0.717) is 16.4 Å². The first-order valence-electron chi connectivity index (χ1n) is 8.44. The van der Waals surface area contributed by atoms with Crippen LogP contribution in [0.1, 0.15) is 0 Å². The van der Waals surface area contributed by atoms with Gasteiger partial charge in [0.25, 0.3) is 5.91 Å². The molecular formula is C20H15ClN4O2S. The van der Waals surface area contributed by atoms with Crippen LogP contribution in [0.2, 0.25) is 5.02 Å². The fourth-order valence-corrected chi connectivity index (χ4v) is 3.55. The van der Waals surface area contributed by atoms with Crippen molar-refractivity contribution in [3.63, 3.8) is 0 Å². The highest BCUT2D eigenvalue weighted by molar-refractivity contribution is 7.99. The van der Waals surface area contributed by atoms with Crippen LogP contribution in [0.15, 0.2) is 82.7 Å². The SMILES string of the molecule is O=C(COc1nnc2ccccn12)Nc1ccccc1Sc1ccc(Cl)cc1. The van der Waals surface area contributed by atoms with Crippen LogP contribution in [-0.4, -0.2) is 27.1 Å². The zero-order valence-corrected chi connectivity index (χ0v) is 16.2. The maximum Gasteiger partial charge on any atom is 0.322 e. The molecule has 2 heterocycles. The van der Waals surface area contributed by atoms with Crippen molar-refractivity contribution in [3.05, 3.63) is 77.9 Å². The van der Waals surface area contributed by atoms with Crippen molar-refractivity contribution in [3.8, 4) is 6.01 Å². The summed E-state index contributed by atoms with van der Waals surface area (Å²) in [6.07, 6.45) is 1.78. The zero-order chi connectivity index (χ0) is 19.3. The van der Waals surface area contributed by atoms with E-state index in [2.05, 4.69) is 15.5 Å². The van der Waals surface area contributed by atoms with Gasteiger partial charge in [-0.2, -0.15) is 0 Å². The Morgan fingerprint density at radius 2 is 1.82 bits per heavy atom. The van der Waals surface area contributed by atoms with Gasteiger partial charge in [0, 0.05) is 21.0 Å². The molecule has 0 saturated carbocycles. The number of halogens is 1. The molecule has 28 heavy (non-hydrogen) atoms. The summed E-state index contributed by atoms with van der Waals surface area (Å²) < 4.78 is 7.20. The number of aromatic nitrogens is 3. The number of carbonyl (C=O) groups excluding carboxylic acids is 1. The molecule has 0 aliphatic rings. The Bertz CT molecular complexity index is 1110. The topological polar surface area (TPSA) is 68.5 Å². The van der Waals surface area contributed by atoms with Crippen LogP contribution in [-0.2, 0) is 4.79 Å². The molecule has 0 atom stereocenters. The third kappa shape index (κ3) is 4.27. The third-order valence-electron chi connectivity index (χ3n) is 3.82. The molecule has 0 fully saturated rings. The summed E-state index contributed by atoms with van der Waals surface area (Å²) in [6, 6.07) is 20.9. The van der Waals surface area contributed by atoms with Gasteiger partial charge in [0.1, 0.15) is 0 Å². The highest BCUT2D eigenvalue weighted by Crippen LogP contribution is 2.33. The predicted octanol–water partition coefficient (Wildman–Crippen LogP) is 4.55. The van der Waals surface area contributed by atoms with E-state index in [0.717, 1.165) is 9.79 Å². The molecule has 2 aromatic heterocycles. The number of para-hydroxylation sites is 1. The average molecular weight is 411 g/mol. The molecule has 2 aromatic carbocycles. The molecule has 4 aromatic rings. The van der Waals surface area contributed by atoms with Gasteiger partial charge in [0.05, 0.1) is 5.69 Å². The van der Waals surface area contributed by atoms with Crippen LogP contribution in [0, 0.1) is 0 Å². The second-order valence-electron chi connectivity index (χ2n) is 5.80. The minimum absolute atomic E-state index is 0.171. The molecule has 0 saturated heterocycles. The number of fused-ring (bicyclic) bond motifs is 1. The number of amides is 1. The van der Waals surface area contributed by atoms with E-state index in [1.807, 2.05) is 66.7 Å². The van der Waals surface area contributed by atoms with Crippen LogP contribution in [0.5, 0.6) is 6.01 Å². The van der Waals surface area contributed by atoms with E-state index in [-0.39, 0.29) is 18.5 Å². The van der Waals surface area contributed by atoms with Crippen molar-refractivity contribution in [2.24, 2.45) is 0 Å². The normalized spacial score (nSPS) is 10.8. The van der Waals surface area contributed by atoms with Crippen molar-refractivity contribution in [2.45, 2.75) is 9.79 Å². The highest BCUT2D eigenvalue weighted by atomic mass is 35.5. The molecule has 0 radical (unpaired) electrons. The second-order valence-corrected chi connectivity index (χ2v) is 7.35. The molecule has 0 aliphatic carbocycles. The summed E-state index contributed by atoms with van der Waals surface area (Å²) in [5.41, 5.74) is 1.37. The Balaban J connectivity index is 1.42.